The third kappa shape index (κ3) is 10.2. The van der Waals surface area contributed by atoms with Crippen molar-refractivity contribution in [3.63, 3.8) is 0 Å². The SMILES string of the molecule is [O-2].[O-2].[Ti+2].[Ti+2]. The van der Waals surface area contributed by atoms with Gasteiger partial charge in [-0.25, -0.2) is 0 Å². The van der Waals surface area contributed by atoms with Crippen LogP contribution in [0.5, 0.6) is 0 Å². The minimum atomic E-state index is 0. The van der Waals surface area contributed by atoms with Crippen molar-refractivity contribution in [1.29, 1.82) is 0 Å². The fraction of sp³-hybridized carbons (Fsp3) is 0. The van der Waals surface area contributed by atoms with Crippen LogP contribution >= 0.6 is 0 Å². The molecule has 0 aliphatic carbocycles. The van der Waals surface area contributed by atoms with Crippen LogP contribution in [0.15, 0.2) is 0 Å². The van der Waals surface area contributed by atoms with E-state index >= 15 is 0 Å². The largest absolute Gasteiger partial charge is 2.00 e. The Morgan fingerprint density at radius 3 is 0.500 bits per heavy atom. The molecule has 0 atom stereocenters. The van der Waals surface area contributed by atoms with Gasteiger partial charge in [-0.05, 0) is 0 Å². The summed E-state index contributed by atoms with van der Waals surface area (Å²) in [5, 5.41) is 0. The molecule has 0 heterocycles. The first-order valence-corrected chi connectivity index (χ1v) is 0. The molecule has 0 aromatic carbocycles. The minimum Gasteiger partial charge on any atom is -2.00 e. The van der Waals surface area contributed by atoms with Crippen molar-refractivity contribution in [2.24, 2.45) is 0 Å². The summed E-state index contributed by atoms with van der Waals surface area (Å²) < 4.78 is 0. The quantitative estimate of drug-likeness (QED) is 0.404. The maximum atomic E-state index is 0. The molecule has 0 spiro atoms. The normalized spacial score (nSPS) is 0. The predicted octanol–water partition coefficient (Wildman–Crippen LogP) is -0.243. The van der Waals surface area contributed by atoms with Gasteiger partial charge < -0.3 is 11.0 Å². The summed E-state index contributed by atoms with van der Waals surface area (Å²) in [5.74, 6) is 0. The Morgan fingerprint density at radius 2 is 0.500 bits per heavy atom. The number of rotatable bonds is 0. The van der Waals surface area contributed by atoms with Gasteiger partial charge in [-0.1, -0.05) is 0 Å². The van der Waals surface area contributed by atoms with Gasteiger partial charge in [0.25, 0.3) is 0 Å². The number of hydrogen-bond donors (Lipinski definition) is 0. The third-order valence-electron chi connectivity index (χ3n) is 0. The zero-order chi connectivity index (χ0) is 0. The van der Waals surface area contributed by atoms with Gasteiger partial charge in [-0.3, -0.25) is 0 Å². The van der Waals surface area contributed by atoms with Crippen molar-refractivity contribution in [2.75, 3.05) is 0 Å². The average molecular weight is 128 g/mol. The van der Waals surface area contributed by atoms with Gasteiger partial charge in [0.05, 0.1) is 0 Å². The van der Waals surface area contributed by atoms with Crippen LogP contribution in [-0.2, 0) is 54.4 Å². The first kappa shape index (κ1) is 55.6. The molecule has 0 saturated carbocycles. The smallest absolute Gasteiger partial charge is 2.00 e. The fourth-order valence-corrected chi connectivity index (χ4v) is 0. The molecular weight excluding hydrogens is 128 g/mol. The Morgan fingerprint density at radius 1 is 0.500 bits per heavy atom. The van der Waals surface area contributed by atoms with Crippen LogP contribution in [0.25, 0.3) is 0 Å². The van der Waals surface area contributed by atoms with Gasteiger partial charge in [0.1, 0.15) is 0 Å². The first-order chi connectivity index (χ1) is 0. The molecule has 20 valence electrons. The van der Waals surface area contributed by atoms with Crippen molar-refractivity contribution in [2.45, 2.75) is 0 Å². The van der Waals surface area contributed by atoms with Gasteiger partial charge in [-0.15, -0.1) is 0 Å². The Kier molecular flexibility index (Phi) is 373. The monoisotopic (exact) mass is 128 g/mol. The van der Waals surface area contributed by atoms with Crippen molar-refractivity contribution in [1.82, 2.24) is 0 Å². The Balaban J connectivity index is 0. The molecule has 0 aromatic heterocycles. The van der Waals surface area contributed by atoms with E-state index in [-0.39, 0.29) is 54.4 Å². The van der Waals surface area contributed by atoms with Crippen LogP contribution in [-0.4, -0.2) is 0 Å². The summed E-state index contributed by atoms with van der Waals surface area (Å²) in [5.41, 5.74) is 0. The van der Waals surface area contributed by atoms with E-state index in [0.29, 0.717) is 0 Å². The van der Waals surface area contributed by atoms with Gasteiger partial charge in [0, 0.05) is 0 Å². The van der Waals surface area contributed by atoms with E-state index in [1.807, 2.05) is 0 Å². The van der Waals surface area contributed by atoms with E-state index in [0.717, 1.165) is 0 Å². The third-order valence-corrected chi connectivity index (χ3v) is 0. The Bertz CT molecular complexity index is 4.00. The molecule has 0 bridgehead atoms. The molecular formula is O2Ti2. The molecule has 0 aliphatic heterocycles. The van der Waals surface area contributed by atoms with Gasteiger partial charge in [0.2, 0.25) is 0 Å². The van der Waals surface area contributed by atoms with Crippen LogP contribution < -0.4 is 0 Å². The second-order valence-corrected chi connectivity index (χ2v) is 0. The molecule has 4 heteroatoms. The predicted molar refractivity (Wildman–Crippen MR) is 1.37 cm³/mol. The van der Waals surface area contributed by atoms with Crippen molar-refractivity contribution in [3.05, 3.63) is 0 Å². The first-order valence-electron chi connectivity index (χ1n) is 0. The molecule has 0 aromatic rings. The summed E-state index contributed by atoms with van der Waals surface area (Å²) >= 11 is 0. The van der Waals surface area contributed by atoms with Crippen LogP contribution in [0.4, 0.5) is 0 Å². The molecule has 0 fully saturated rings. The second-order valence-electron chi connectivity index (χ2n) is 0. The van der Waals surface area contributed by atoms with Crippen LogP contribution in [0.3, 0.4) is 0 Å². The van der Waals surface area contributed by atoms with E-state index in [2.05, 4.69) is 0 Å². The van der Waals surface area contributed by atoms with Crippen LogP contribution in [0.1, 0.15) is 0 Å². The Labute approximate surface area is 54.3 Å². The molecule has 0 amide bonds. The van der Waals surface area contributed by atoms with Crippen molar-refractivity contribution < 1.29 is 54.4 Å². The van der Waals surface area contributed by atoms with Gasteiger partial charge in [-0.2, -0.15) is 0 Å². The van der Waals surface area contributed by atoms with E-state index in [1.54, 1.807) is 0 Å². The molecule has 0 radical (unpaired) electrons. The molecule has 0 aliphatic rings. The molecule has 0 N–H and O–H groups in total. The summed E-state index contributed by atoms with van der Waals surface area (Å²) in [6.07, 6.45) is 0. The average Bonchev–Trinajstić information content (AvgIpc) is 0. The summed E-state index contributed by atoms with van der Waals surface area (Å²) in [7, 11) is 0. The maximum absolute atomic E-state index is 0. The minimum absolute atomic E-state index is 0. The standard InChI is InChI=1S/2O.2Ti/q2*-2;2*+2. The molecule has 2 nitrogen and oxygen atoms in total. The van der Waals surface area contributed by atoms with Crippen LogP contribution in [0.2, 0.25) is 0 Å². The van der Waals surface area contributed by atoms with Crippen molar-refractivity contribution in [3.8, 4) is 0 Å². The zero-order valence-corrected chi connectivity index (χ0v) is 4.94. The topological polar surface area (TPSA) is 57.0 Å². The molecule has 0 saturated heterocycles. The number of hydrogen-bond acceptors (Lipinski definition) is 0. The molecule has 4 heavy (non-hydrogen) atoms. The van der Waals surface area contributed by atoms with Crippen molar-refractivity contribution >= 4 is 0 Å². The van der Waals surface area contributed by atoms with E-state index in [4.69, 9.17) is 0 Å². The van der Waals surface area contributed by atoms with Gasteiger partial charge >= 0.3 is 43.4 Å². The second kappa shape index (κ2) is 26.8. The zero-order valence-electron chi connectivity index (χ0n) is 1.82. The maximum Gasteiger partial charge on any atom is 2.00 e. The van der Waals surface area contributed by atoms with Gasteiger partial charge in [0.15, 0.2) is 0 Å². The van der Waals surface area contributed by atoms with Crippen LogP contribution in [0, 0.1) is 0 Å². The van der Waals surface area contributed by atoms with E-state index < -0.39 is 0 Å². The van der Waals surface area contributed by atoms with E-state index in [9.17, 15) is 0 Å². The summed E-state index contributed by atoms with van der Waals surface area (Å²) in [4.78, 5) is 0. The summed E-state index contributed by atoms with van der Waals surface area (Å²) in [6.45, 7) is 0. The fourth-order valence-electron chi connectivity index (χ4n) is 0. The summed E-state index contributed by atoms with van der Waals surface area (Å²) in [6, 6.07) is 0. The molecule has 0 rings (SSSR count). The van der Waals surface area contributed by atoms with E-state index in [1.165, 1.54) is 0 Å². The Hall–Kier alpha value is 1.35. The molecule has 0 unspecified atom stereocenters.